The van der Waals surface area contributed by atoms with Crippen LogP contribution in [0.15, 0.2) is 0 Å². The van der Waals surface area contributed by atoms with Gasteiger partial charge in [0.2, 0.25) is 0 Å². The summed E-state index contributed by atoms with van der Waals surface area (Å²) >= 11 is -0.543. The molecule has 1 aliphatic rings. The zero-order valence-corrected chi connectivity index (χ0v) is 12.6. The molecule has 1 rings (SSSR count). The fourth-order valence-electron chi connectivity index (χ4n) is 1.18. The van der Waals surface area contributed by atoms with Crippen LogP contribution in [0.3, 0.4) is 0 Å². The van der Waals surface area contributed by atoms with Crippen LogP contribution in [0.2, 0.25) is 33.0 Å². The van der Waals surface area contributed by atoms with E-state index < -0.39 is 19.8 Å². The van der Waals surface area contributed by atoms with E-state index in [-0.39, 0.29) is 8.80 Å². The molecule has 2 radical (unpaired) electrons. The molecule has 1 fully saturated rings. The molecule has 11 heavy (non-hydrogen) atoms. The second-order valence-corrected chi connectivity index (χ2v) is 15.9. The Morgan fingerprint density at radius 3 is 1.82 bits per heavy atom. The van der Waals surface area contributed by atoms with Gasteiger partial charge in [0.1, 0.15) is 0 Å². The molecule has 0 bridgehead atoms. The third-order valence-corrected chi connectivity index (χ3v) is 5.16. The van der Waals surface area contributed by atoms with E-state index in [1.165, 1.54) is 12.8 Å². The van der Waals surface area contributed by atoms with Crippen LogP contribution >= 0.6 is 0 Å². The van der Waals surface area contributed by atoms with E-state index in [1.807, 2.05) is 0 Å². The zero-order chi connectivity index (χ0) is 8.85. The molecular weight excluding hydrogens is 255 g/mol. The number of hydrogen-bond acceptors (Lipinski definition) is 0. The van der Waals surface area contributed by atoms with Crippen molar-refractivity contribution >= 4 is 28.6 Å². The van der Waals surface area contributed by atoms with Crippen molar-refractivity contribution in [3.8, 4) is 0 Å². The quantitative estimate of drug-likeness (QED) is 0.593. The molecule has 0 amide bonds. The number of rotatable bonds is 0. The second-order valence-electron chi connectivity index (χ2n) is 4.14. The van der Waals surface area contributed by atoms with Crippen LogP contribution in [0.4, 0.5) is 0 Å². The minimum atomic E-state index is -0.543. The Hall–Kier alpha value is 1.02. The molecule has 0 aromatic rings. The first-order chi connectivity index (χ1) is 5.04. The molecule has 0 N–H and O–H groups in total. The van der Waals surface area contributed by atoms with Gasteiger partial charge in [-0.3, -0.25) is 0 Å². The van der Waals surface area contributed by atoms with Gasteiger partial charge in [-0.2, -0.15) is 0 Å². The fourth-order valence-corrected chi connectivity index (χ4v) is 3.13. The molecule has 0 aromatic carbocycles. The normalized spacial score (nSPS) is 25.1. The topological polar surface area (TPSA) is 0 Å². The summed E-state index contributed by atoms with van der Waals surface area (Å²) in [6.45, 7) is 4.86. The van der Waals surface area contributed by atoms with Crippen LogP contribution in [0.5, 0.6) is 0 Å². The van der Waals surface area contributed by atoms with Crippen molar-refractivity contribution in [2.75, 3.05) is 0 Å². The van der Waals surface area contributed by atoms with Crippen LogP contribution in [-0.4, -0.2) is 28.6 Å². The third-order valence-electron chi connectivity index (χ3n) is 2.05. The van der Waals surface area contributed by atoms with Gasteiger partial charge in [0.25, 0.3) is 0 Å². The predicted octanol–water partition coefficient (Wildman–Crippen LogP) is 3.67. The first kappa shape index (κ1) is 12.0. The minimum absolute atomic E-state index is 0.165. The van der Waals surface area contributed by atoms with Gasteiger partial charge >= 0.3 is 34.6 Å². The first-order valence-electron chi connectivity index (χ1n) is 4.63. The Morgan fingerprint density at radius 2 is 1.73 bits per heavy atom. The Kier molecular flexibility index (Phi) is 7.13. The van der Waals surface area contributed by atoms with Crippen molar-refractivity contribution in [1.29, 1.82) is 0 Å². The molecule has 0 spiro atoms. The first-order valence-corrected chi connectivity index (χ1v) is 15.5. The zero-order valence-electron chi connectivity index (χ0n) is 8.70. The van der Waals surface area contributed by atoms with Crippen LogP contribution in [0.25, 0.3) is 0 Å². The van der Waals surface area contributed by atoms with Crippen LogP contribution in [-0.2, 0) is 0 Å². The average Bonchev–Trinajstić information content (AvgIpc) is 2.15. The van der Waals surface area contributed by atoms with Crippen molar-refractivity contribution in [2.24, 2.45) is 0 Å². The molecule has 66 valence electrons. The average molecular weight is 277 g/mol. The van der Waals surface area contributed by atoms with E-state index in [9.17, 15) is 0 Å². The molecule has 0 nitrogen and oxygen atoms in total. The Morgan fingerprint density at radius 1 is 1.27 bits per heavy atom. The molecule has 1 aliphatic heterocycles. The maximum absolute atomic E-state index is 2.46. The van der Waals surface area contributed by atoms with Crippen molar-refractivity contribution < 1.29 is 0 Å². The summed E-state index contributed by atoms with van der Waals surface area (Å²) < 4.78 is 0. The molecular formula is C9H22SiSn. The predicted molar refractivity (Wildman–Crippen MR) is 58.4 cm³/mol. The summed E-state index contributed by atoms with van der Waals surface area (Å²) in [4.78, 5) is 7.09. The summed E-state index contributed by atoms with van der Waals surface area (Å²) in [5.41, 5.74) is 1.12. The van der Waals surface area contributed by atoms with Crippen LogP contribution in [0, 0.1) is 0 Å². The summed E-state index contributed by atoms with van der Waals surface area (Å²) in [5, 5.41) is 0. The Bertz CT molecular complexity index is 82.8. The standard InChI is InChI=1S/C6H13Si.3CH3.Sn/c1-6-4-3-5-7(6)2;;;;/h6H,3-5H2,1-2H3;3*1H3;. The van der Waals surface area contributed by atoms with Gasteiger partial charge in [0.15, 0.2) is 0 Å². The number of hydrogen-bond donors (Lipinski definition) is 0. The third kappa shape index (κ3) is 7.38. The van der Waals surface area contributed by atoms with E-state index in [1.54, 1.807) is 6.04 Å². The second kappa shape index (κ2) is 6.52. The summed E-state index contributed by atoms with van der Waals surface area (Å²) in [5.74, 6) is 0. The summed E-state index contributed by atoms with van der Waals surface area (Å²) in [6, 6.07) is 1.58. The van der Waals surface area contributed by atoms with Crippen molar-refractivity contribution in [1.82, 2.24) is 0 Å². The Labute approximate surface area is 81.1 Å². The van der Waals surface area contributed by atoms with E-state index in [0.29, 0.717) is 0 Å². The van der Waals surface area contributed by atoms with E-state index >= 15 is 0 Å². The van der Waals surface area contributed by atoms with E-state index in [4.69, 9.17) is 0 Å². The van der Waals surface area contributed by atoms with Gasteiger partial charge in [-0.25, -0.2) is 0 Å². The van der Waals surface area contributed by atoms with Gasteiger partial charge < -0.3 is 0 Å². The molecule has 1 atom stereocenters. The molecule has 0 aromatic heterocycles. The summed E-state index contributed by atoms with van der Waals surface area (Å²) in [7, 11) is 0.165. The molecule has 0 aliphatic carbocycles. The molecule has 1 unspecified atom stereocenters. The fraction of sp³-hybridized carbons (Fsp3) is 1.00. The van der Waals surface area contributed by atoms with Crippen LogP contribution < -0.4 is 0 Å². The molecule has 1 heterocycles. The molecule has 1 saturated heterocycles. The SMILES string of the molecule is CC1CCC[Si]1C.[CH3][Sn]([CH3])[CH3]. The van der Waals surface area contributed by atoms with Crippen molar-refractivity contribution in [3.05, 3.63) is 0 Å². The van der Waals surface area contributed by atoms with Gasteiger partial charge in [-0.15, -0.1) is 0 Å². The van der Waals surface area contributed by atoms with Crippen molar-refractivity contribution in [3.63, 3.8) is 0 Å². The van der Waals surface area contributed by atoms with Gasteiger partial charge in [0.05, 0.1) is 0 Å². The molecule has 2 heteroatoms. The monoisotopic (exact) mass is 278 g/mol. The van der Waals surface area contributed by atoms with Gasteiger partial charge in [-0.1, -0.05) is 37.9 Å². The van der Waals surface area contributed by atoms with Crippen LogP contribution in [0.1, 0.15) is 19.8 Å². The van der Waals surface area contributed by atoms with Crippen molar-refractivity contribution in [2.45, 2.75) is 52.7 Å². The molecule has 0 saturated carbocycles. The van der Waals surface area contributed by atoms with E-state index in [0.717, 1.165) is 5.54 Å². The van der Waals surface area contributed by atoms with E-state index in [2.05, 4.69) is 28.3 Å². The summed E-state index contributed by atoms with van der Waals surface area (Å²) in [6.07, 6.45) is 3.04. The Balaban J connectivity index is 0.000000218. The van der Waals surface area contributed by atoms with Gasteiger partial charge in [-0.05, 0) is 0 Å². The van der Waals surface area contributed by atoms with Gasteiger partial charge in [0, 0.05) is 8.80 Å². The maximum atomic E-state index is 2.46.